The number of hydrogen-bond donors (Lipinski definition) is 0. The van der Waals surface area contributed by atoms with Crippen molar-refractivity contribution in [1.29, 1.82) is 0 Å². The molecule has 1 aromatic heterocycles. The average Bonchev–Trinajstić information content (AvgIpc) is 3.12. The van der Waals surface area contributed by atoms with Gasteiger partial charge in [0.1, 0.15) is 5.82 Å². The second-order valence-electron chi connectivity index (χ2n) is 11.6. The van der Waals surface area contributed by atoms with E-state index in [0.717, 1.165) is 58.7 Å². The topological polar surface area (TPSA) is 25.8 Å². The molecule has 2 nitrogen and oxygen atoms in total. The zero-order valence-corrected chi connectivity index (χ0v) is 24.5. The molecule has 1 heterocycles. The molecule has 1 atom stereocenters. The first-order valence-electron chi connectivity index (χ1n) is 15.5. The van der Waals surface area contributed by atoms with Crippen molar-refractivity contribution >= 4 is 22.4 Å². The number of hydrogen-bond acceptors (Lipinski definition) is 2. The van der Waals surface area contributed by atoms with Crippen molar-refractivity contribution in [2.75, 3.05) is 0 Å². The van der Waals surface area contributed by atoms with E-state index in [1.165, 1.54) is 33.0 Å². The van der Waals surface area contributed by atoms with Crippen LogP contribution in [0.4, 0.5) is 0 Å². The third-order valence-corrected chi connectivity index (χ3v) is 8.87. The SMILES string of the molecule is C1=Cc2c(C3=CCC(c4nc(-c5ccccc5)c(-c5ccccc5)c(-c5ccccc5)n4)C=C3)cc3ccccc3c2CC1. The summed E-state index contributed by atoms with van der Waals surface area (Å²) in [6, 6.07) is 42.8. The highest BCUT2D eigenvalue weighted by Gasteiger charge is 2.24. The van der Waals surface area contributed by atoms with Gasteiger partial charge in [-0.15, -0.1) is 0 Å². The van der Waals surface area contributed by atoms with Gasteiger partial charge in [-0.25, -0.2) is 9.97 Å². The molecule has 5 aromatic carbocycles. The predicted molar refractivity (Wildman–Crippen MR) is 184 cm³/mol. The summed E-state index contributed by atoms with van der Waals surface area (Å²) in [6.45, 7) is 0. The Bertz CT molecular complexity index is 2010. The zero-order chi connectivity index (χ0) is 29.3. The summed E-state index contributed by atoms with van der Waals surface area (Å²) in [6.07, 6.45) is 14.7. The predicted octanol–water partition coefficient (Wildman–Crippen LogP) is 10.7. The third kappa shape index (κ3) is 4.79. The first-order chi connectivity index (χ1) is 21.8. The Kier molecular flexibility index (Phi) is 6.81. The standard InChI is InChI=1S/C42H32N2/c1-4-14-30(15-5-1)39-40(31-16-6-2-7-17-31)43-42(44-41(39)32-18-8-3-9-19-32)33-26-24-29(25-27-33)38-28-34-20-10-11-21-35(34)36-22-12-13-23-37(36)38/h1-11,13-21,23-26,28,33H,12,22,27H2. The lowest BCUT2D eigenvalue weighted by atomic mass is 9.83. The normalized spacial score (nSPS) is 15.6. The molecule has 0 amide bonds. The number of aryl methyl sites for hydroxylation is 1. The van der Waals surface area contributed by atoms with Gasteiger partial charge in [-0.2, -0.15) is 0 Å². The summed E-state index contributed by atoms with van der Waals surface area (Å²) in [5.74, 6) is 0.940. The van der Waals surface area contributed by atoms with Crippen LogP contribution in [0.1, 0.15) is 41.3 Å². The molecule has 0 bridgehead atoms. The van der Waals surface area contributed by atoms with Crippen LogP contribution in [0.5, 0.6) is 0 Å². The lowest BCUT2D eigenvalue weighted by molar-refractivity contribution is 0.778. The first-order valence-corrected chi connectivity index (χ1v) is 15.5. The Labute approximate surface area is 258 Å². The fourth-order valence-corrected chi connectivity index (χ4v) is 6.71. The molecule has 0 fully saturated rings. The maximum Gasteiger partial charge on any atom is 0.136 e. The molecule has 8 rings (SSSR count). The van der Waals surface area contributed by atoms with E-state index >= 15 is 0 Å². The van der Waals surface area contributed by atoms with Crippen molar-refractivity contribution in [2.24, 2.45) is 0 Å². The van der Waals surface area contributed by atoms with Crippen LogP contribution >= 0.6 is 0 Å². The maximum atomic E-state index is 5.34. The molecule has 210 valence electrons. The maximum absolute atomic E-state index is 5.34. The lowest BCUT2D eigenvalue weighted by Crippen LogP contribution is -2.09. The van der Waals surface area contributed by atoms with Crippen molar-refractivity contribution in [3.8, 4) is 33.6 Å². The van der Waals surface area contributed by atoms with Gasteiger partial charge in [0, 0.05) is 22.6 Å². The van der Waals surface area contributed by atoms with Gasteiger partial charge in [0.15, 0.2) is 0 Å². The molecule has 0 radical (unpaired) electrons. The van der Waals surface area contributed by atoms with Crippen molar-refractivity contribution in [2.45, 2.75) is 25.2 Å². The molecular formula is C42H32N2. The fourth-order valence-electron chi connectivity index (χ4n) is 6.71. The van der Waals surface area contributed by atoms with Crippen LogP contribution < -0.4 is 0 Å². The Morgan fingerprint density at radius 3 is 1.86 bits per heavy atom. The Balaban J connectivity index is 1.25. The quantitative estimate of drug-likeness (QED) is 0.208. The van der Waals surface area contributed by atoms with E-state index in [4.69, 9.17) is 9.97 Å². The molecule has 2 aliphatic rings. The van der Waals surface area contributed by atoms with E-state index in [9.17, 15) is 0 Å². The molecular weight excluding hydrogens is 532 g/mol. The highest BCUT2D eigenvalue weighted by atomic mass is 14.9. The molecule has 44 heavy (non-hydrogen) atoms. The molecule has 0 N–H and O–H groups in total. The molecule has 0 saturated carbocycles. The zero-order valence-electron chi connectivity index (χ0n) is 24.5. The largest absolute Gasteiger partial charge is 0.232 e. The van der Waals surface area contributed by atoms with E-state index < -0.39 is 0 Å². The monoisotopic (exact) mass is 564 g/mol. The summed E-state index contributed by atoms with van der Waals surface area (Å²) in [4.78, 5) is 10.7. The molecule has 0 spiro atoms. The molecule has 6 aromatic rings. The highest BCUT2D eigenvalue weighted by Crippen LogP contribution is 2.41. The molecule has 0 saturated heterocycles. The van der Waals surface area contributed by atoms with Gasteiger partial charge in [0.25, 0.3) is 0 Å². The summed E-state index contributed by atoms with van der Waals surface area (Å²) in [7, 11) is 0. The molecule has 0 aliphatic heterocycles. The van der Waals surface area contributed by atoms with Gasteiger partial charge in [0.05, 0.1) is 11.4 Å². The number of fused-ring (bicyclic) bond motifs is 3. The molecule has 1 unspecified atom stereocenters. The summed E-state index contributed by atoms with van der Waals surface area (Å²) < 4.78 is 0. The van der Waals surface area contributed by atoms with E-state index in [0.29, 0.717) is 0 Å². The van der Waals surface area contributed by atoms with E-state index in [1.807, 2.05) is 0 Å². The van der Waals surface area contributed by atoms with Gasteiger partial charge in [-0.05, 0) is 63.9 Å². The van der Waals surface area contributed by atoms with Crippen LogP contribution in [-0.4, -0.2) is 9.97 Å². The van der Waals surface area contributed by atoms with Crippen LogP contribution in [0.15, 0.2) is 146 Å². The minimum Gasteiger partial charge on any atom is -0.232 e. The number of aromatic nitrogens is 2. The summed E-state index contributed by atoms with van der Waals surface area (Å²) in [5, 5.41) is 2.69. The number of rotatable bonds is 5. The van der Waals surface area contributed by atoms with Gasteiger partial charge in [0.2, 0.25) is 0 Å². The van der Waals surface area contributed by atoms with E-state index in [-0.39, 0.29) is 5.92 Å². The third-order valence-electron chi connectivity index (χ3n) is 8.87. The smallest absolute Gasteiger partial charge is 0.136 e. The number of allylic oxidation sites excluding steroid dienone is 5. The van der Waals surface area contributed by atoms with Crippen LogP contribution in [-0.2, 0) is 6.42 Å². The van der Waals surface area contributed by atoms with Gasteiger partial charge < -0.3 is 0 Å². The van der Waals surface area contributed by atoms with E-state index in [2.05, 4.69) is 152 Å². The van der Waals surface area contributed by atoms with Gasteiger partial charge >= 0.3 is 0 Å². The van der Waals surface area contributed by atoms with Crippen LogP contribution in [0.25, 0.3) is 56.1 Å². The van der Waals surface area contributed by atoms with Crippen LogP contribution in [0, 0.1) is 0 Å². The Morgan fingerprint density at radius 1 is 0.614 bits per heavy atom. The van der Waals surface area contributed by atoms with Crippen molar-refractivity contribution < 1.29 is 0 Å². The van der Waals surface area contributed by atoms with Gasteiger partial charge in [-0.3, -0.25) is 0 Å². The van der Waals surface area contributed by atoms with Gasteiger partial charge in [-0.1, -0.05) is 146 Å². The average molecular weight is 565 g/mol. The number of nitrogens with zero attached hydrogens (tertiary/aromatic N) is 2. The lowest BCUT2D eigenvalue weighted by Gasteiger charge is -2.23. The van der Waals surface area contributed by atoms with Crippen LogP contribution in [0.3, 0.4) is 0 Å². The summed E-state index contributed by atoms with van der Waals surface area (Å²) in [5.41, 5.74) is 11.7. The van der Waals surface area contributed by atoms with Crippen molar-refractivity contribution in [3.63, 3.8) is 0 Å². The Hall–Kier alpha value is -5.34. The van der Waals surface area contributed by atoms with Crippen LogP contribution in [0.2, 0.25) is 0 Å². The first kappa shape index (κ1) is 26.3. The molecule has 2 heteroatoms. The minimum atomic E-state index is 0.0836. The summed E-state index contributed by atoms with van der Waals surface area (Å²) >= 11 is 0. The van der Waals surface area contributed by atoms with Crippen molar-refractivity contribution in [1.82, 2.24) is 9.97 Å². The number of benzene rings is 5. The second kappa shape index (κ2) is 11.4. The minimum absolute atomic E-state index is 0.0836. The van der Waals surface area contributed by atoms with E-state index in [1.54, 1.807) is 0 Å². The van der Waals surface area contributed by atoms with Crippen molar-refractivity contribution in [3.05, 3.63) is 168 Å². The molecule has 2 aliphatic carbocycles. The highest BCUT2D eigenvalue weighted by molar-refractivity contribution is 5.96. The fraction of sp³-hybridized carbons (Fsp3) is 0.0952. The Morgan fingerprint density at radius 2 is 1.23 bits per heavy atom. The second-order valence-corrected chi connectivity index (χ2v) is 11.6.